The normalized spacial score (nSPS) is 11.8. The number of alkyl carbamates (subject to hydrolysis) is 1. The third kappa shape index (κ3) is 8.88. The maximum absolute atomic E-state index is 13.5. The number of amides is 1. The molecule has 0 heterocycles. The SMILES string of the molecule is CN=C(NCCNC(=O)OC(C)(C)C)NCCc1ccc(F)cc1F. The maximum atomic E-state index is 13.5. The molecule has 6 nitrogen and oxygen atoms in total. The predicted octanol–water partition coefficient (Wildman–Crippen LogP) is 2.20. The molecule has 0 bridgehead atoms. The number of ether oxygens (including phenoxy) is 1. The first-order valence-corrected chi connectivity index (χ1v) is 8.06. The summed E-state index contributed by atoms with van der Waals surface area (Å²) in [5.74, 6) is -0.635. The zero-order valence-corrected chi connectivity index (χ0v) is 15.1. The molecule has 0 radical (unpaired) electrons. The number of rotatable bonds is 6. The largest absolute Gasteiger partial charge is 0.444 e. The van der Waals surface area contributed by atoms with Gasteiger partial charge in [-0.15, -0.1) is 0 Å². The number of guanidine groups is 1. The molecule has 0 aliphatic rings. The van der Waals surface area contributed by atoms with Gasteiger partial charge in [0.1, 0.15) is 17.2 Å². The molecule has 25 heavy (non-hydrogen) atoms. The Hall–Kier alpha value is -2.38. The molecule has 0 spiro atoms. The Labute approximate surface area is 147 Å². The van der Waals surface area contributed by atoms with Gasteiger partial charge in [0.05, 0.1) is 0 Å². The van der Waals surface area contributed by atoms with Crippen LogP contribution in [-0.4, -0.2) is 44.3 Å². The van der Waals surface area contributed by atoms with Gasteiger partial charge in [0, 0.05) is 32.7 Å². The minimum Gasteiger partial charge on any atom is -0.444 e. The van der Waals surface area contributed by atoms with Crippen molar-refractivity contribution < 1.29 is 18.3 Å². The van der Waals surface area contributed by atoms with Crippen molar-refractivity contribution in [3.8, 4) is 0 Å². The number of hydrogen-bond acceptors (Lipinski definition) is 3. The Kier molecular flexibility index (Phi) is 8.10. The van der Waals surface area contributed by atoms with Crippen LogP contribution in [0.3, 0.4) is 0 Å². The van der Waals surface area contributed by atoms with E-state index in [-0.39, 0.29) is 0 Å². The molecule has 0 aliphatic carbocycles. The van der Waals surface area contributed by atoms with E-state index in [4.69, 9.17) is 4.74 Å². The summed E-state index contributed by atoms with van der Waals surface area (Å²) < 4.78 is 31.5. The summed E-state index contributed by atoms with van der Waals surface area (Å²) in [6.45, 7) is 6.62. The van der Waals surface area contributed by atoms with Gasteiger partial charge < -0.3 is 20.7 Å². The summed E-state index contributed by atoms with van der Waals surface area (Å²) in [5.41, 5.74) is -0.110. The molecular formula is C17H26F2N4O2. The standard InChI is InChI=1S/C17H26F2N4O2/c1-17(2,3)25-16(24)23-10-9-22-15(20-4)21-8-7-12-5-6-13(18)11-14(12)19/h5-6,11H,7-10H2,1-4H3,(H,23,24)(H2,20,21,22). The van der Waals surface area contributed by atoms with E-state index in [1.54, 1.807) is 27.8 Å². The zero-order valence-electron chi connectivity index (χ0n) is 15.1. The zero-order chi connectivity index (χ0) is 18.9. The highest BCUT2D eigenvalue weighted by molar-refractivity contribution is 5.79. The van der Waals surface area contributed by atoms with Crippen LogP contribution in [0.5, 0.6) is 0 Å². The molecule has 140 valence electrons. The quantitative estimate of drug-likeness (QED) is 0.415. The van der Waals surface area contributed by atoms with E-state index in [1.807, 2.05) is 0 Å². The second-order valence-electron chi connectivity index (χ2n) is 6.34. The van der Waals surface area contributed by atoms with E-state index in [2.05, 4.69) is 20.9 Å². The van der Waals surface area contributed by atoms with Gasteiger partial charge in [-0.05, 0) is 38.8 Å². The number of benzene rings is 1. The lowest BCUT2D eigenvalue weighted by atomic mass is 10.1. The first-order valence-electron chi connectivity index (χ1n) is 8.06. The molecule has 3 N–H and O–H groups in total. The van der Waals surface area contributed by atoms with Gasteiger partial charge in [0.25, 0.3) is 0 Å². The number of carbonyl (C=O) groups is 1. The van der Waals surface area contributed by atoms with Crippen LogP contribution < -0.4 is 16.0 Å². The van der Waals surface area contributed by atoms with Crippen LogP contribution in [-0.2, 0) is 11.2 Å². The monoisotopic (exact) mass is 356 g/mol. The molecule has 8 heteroatoms. The molecule has 0 aliphatic heterocycles. The van der Waals surface area contributed by atoms with Gasteiger partial charge in [-0.3, -0.25) is 4.99 Å². The Morgan fingerprint density at radius 3 is 2.36 bits per heavy atom. The van der Waals surface area contributed by atoms with E-state index in [0.717, 1.165) is 6.07 Å². The number of halogens is 2. The maximum Gasteiger partial charge on any atom is 0.407 e. The molecule has 0 atom stereocenters. The topological polar surface area (TPSA) is 74.8 Å². The fraction of sp³-hybridized carbons (Fsp3) is 0.529. The Balaban J connectivity index is 2.25. The molecule has 0 saturated carbocycles. The minimum atomic E-state index is -0.593. The highest BCUT2D eigenvalue weighted by atomic mass is 19.1. The fourth-order valence-electron chi connectivity index (χ4n) is 1.92. The van der Waals surface area contributed by atoms with Crippen LogP contribution in [0.1, 0.15) is 26.3 Å². The smallest absolute Gasteiger partial charge is 0.407 e. The van der Waals surface area contributed by atoms with Gasteiger partial charge >= 0.3 is 6.09 Å². The van der Waals surface area contributed by atoms with Crippen molar-refractivity contribution in [2.45, 2.75) is 32.8 Å². The van der Waals surface area contributed by atoms with Gasteiger partial charge in [-0.25, -0.2) is 13.6 Å². The lowest BCUT2D eigenvalue weighted by Crippen LogP contribution is -2.43. The lowest BCUT2D eigenvalue weighted by molar-refractivity contribution is 0.0529. The average Bonchev–Trinajstić information content (AvgIpc) is 2.49. The van der Waals surface area contributed by atoms with E-state index in [0.29, 0.717) is 37.6 Å². The third-order valence-corrected chi connectivity index (χ3v) is 3.01. The molecule has 1 aromatic rings. The summed E-state index contributed by atoms with van der Waals surface area (Å²) in [6, 6.07) is 3.52. The average molecular weight is 356 g/mol. The fourth-order valence-corrected chi connectivity index (χ4v) is 1.92. The van der Waals surface area contributed by atoms with Crippen molar-refractivity contribution in [3.63, 3.8) is 0 Å². The molecular weight excluding hydrogens is 330 g/mol. The highest BCUT2D eigenvalue weighted by Crippen LogP contribution is 2.09. The Morgan fingerprint density at radius 1 is 1.12 bits per heavy atom. The second kappa shape index (κ2) is 9.80. The highest BCUT2D eigenvalue weighted by Gasteiger charge is 2.15. The molecule has 0 fully saturated rings. The van der Waals surface area contributed by atoms with E-state index in [9.17, 15) is 13.6 Å². The van der Waals surface area contributed by atoms with Gasteiger partial charge in [0.2, 0.25) is 0 Å². The first kappa shape index (κ1) is 20.7. The van der Waals surface area contributed by atoms with Crippen molar-refractivity contribution in [3.05, 3.63) is 35.4 Å². The van der Waals surface area contributed by atoms with Crippen molar-refractivity contribution in [2.75, 3.05) is 26.7 Å². The van der Waals surface area contributed by atoms with Crippen LogP contribution in [0.15, 0.2) is 23.2 Å². The summed E-state index contributed by atoms with van der Waals surface area (Å²) in [4.78, 5) is 15.5. The van der Waals surface area contributed by atoms with Crippen LogP contribution in [0, 0.1) is 11.6 Å². The minimum absolute atomic E-state index is 0.363. The van der Waals surface area contributed by atoms with Crippen LogP contribution >= 0.6 is 0 Å². The first-order chi connectivity index (χ1) is 11.7. The summed E-state index contributed by atoms with van der Waals surface area (Å²) in [7, 11) is 1.61. The number of carbonyl (C=O) groups excluding carboxylic acids is 1. The predicted molar refractivity (Wildman–Crippen MR) is 93.7 cm³/mol. The van der Waals surface area contributed by atoms with Crippen LogP contribution in [0.2, 0.25) is 0 Å². The molecule has 1 amide bonds. The van der Waals surface area contributed by atoms with Crippen molar-refractivity contribution in [1.82, 2.24) is 16.0 Å². The Morgan fingerprint density at radius 2 is 1.76 bits per heavy atom. The molecule has 1 rings (SSSR count). The summed E-state index contributed by atoms with van der Waals surface area (Å²) in [5, 5.41) is 8.65. The van der Waals surface area contributed by atoms with Gasteiger partial charge in [-0.2, -0.15) is 0 Å². The van der Waals surface area contributed by atoms with Crippen molar-refractivity contribution in [2.24, 2.45) is 4.99 Å². The summed E-state index contributed by atoms with van der Waals surface area (Å²) >= 11 is 0. The van der Waals surface area contributed by atoms with Crippen LogP contribution in [0.4, 0.5) is 13.6 Å². The number of nitrogens with zero attached hydrogens (tertiary/aromatic N) is 1. The second-order valence-corrected chi connectivity index (χ2v) is 6.34. The molecule has 0 saturated heterocycles. The van der Waals surface area contributed by atoms with E-state index in [1.165, 1.54) is 12.1 Å². The van der Waals surface area contributed by atoms with Gasteiger partial charge in [0.15, 0.2) is 5.96 Å². The number of nitrogens with one attached hydrogen (secondary N) is 3. The molecule has 0 unspecified atom stereocenters. The lowest BCUT2D eigenvalue weighted by Gasteiger charge is -2.19. The number of aliphatic imine (C=N–C) groups is 1. The number of hydrogen-bond donors (Lipinski definition) is 3. The van der Waals surface area contributed by atoms with Crippen molar-refractivity contribution in [1.29, 1.82) is 0 Å². The van der Waals surface area contributed by atoms with E-state index >= 15 is 0 Å². The van der Waals surface area contributed by atoms with Crippen molar-refractivity contribution >= 4 is 12.1 Å². The molecule has 0 aromatic heterocycles. The summed E-state index contributed by atoms with van der Waals surface area (Å²) in [6.07, 6.45) is -0.0905. The van der Waals surface area contributed by atoms with E-state index < -0.39 is 23.3 Å². The Bertz CT molecular complexity index is 601. The third-order valence-electron chi connectivity index (χ3n) is 3.01. The molecule has 1 aromatic carbocycles. The van der Waals surface area contributed by atoms with Gasteiger partial charge in [-0.1, -0.05) is 6.07 Å². The van der Waals surface area contributed by atoms with Crippen LogP contribution in [0.25, 0.3) is 0 Å².